The fraction of sp³-hybridized carbons (Fsp3) is 0.0833. The maximum absolute atomic E-state index is 12.8. The van der Waals surface area contributed by atoms with Gasteiger partial charge in [-0.25, -0.2) is 9.13 Å². The molecule has 152 valence electrons. The highest BCUT2D eigenvalue weighted by Crippen LogP contribution is 2.23. The summed E-state index contributed by atoms with van der Waals surface area (Å²) in [5.41, 5.74) is 11.0. The van der Waals surface area contributed by atoms with Crippen LogP contribution < -0.4 is 27.3 Å². The van der Waals surface area contributed by atoms with E-state index in [0.29, 0.717) is 16.5 Å². The van der Waals surface area contributed by atoms with Gasteiger partial charge in [0, 0.05) is 16.1 Å². The average Bonchev–Trinajstić information content (AvgIpc) is 3.03. The van der Waals surface area contributed by atoms with Gasteiger partial charge in [0.1, 0.15) is 18.4 Å². The van der Waals surface area contributed by atoms with E-state index in [1.807, 2.05) is 84.5 Å². The van der Waals surface area contributed by atoms with E-state index in [2.05, 4.69) is 12.1 Å². The number of hydrogen-bond donors (Lipinski definition) is 1. The Morgan fingerprint density at radius 2 is 1.57 bits per heavy atom. The highest BCUT2D eigenvalue weighted by molar-refractivity contribution is 6.30. The zero-order chi connectivity index (χ0) is 20.4. The molecule has 2 N–H and O–H groups in total. The van der Waals surface area contributed by atoms with Crippen LogP contribution in [0.15, 0.2) is 85.1 Å². The Bertz CT molecular complexity index is 1170. The summed E-state index contributed by atoms with van der Waals surface area (Å²) in [5, 5.41) is 0.656. The summed E-state index contributed by atoms with van der Waals surface area (Å²) in [5.74, 6) is 0.513. The molecule has 0 fully saturated rings. The molecule has 0 saturated carbocycles. The standard InChI is InChI=1S/C24H20ClN3O.BrH/c1-27-22(20-8-5-9-21(25)14-20)15-28(24(27)26)16-23(29)19-12-10-18(11-13-19)17-6-3-2-4-7-17;/h2-15,26H,16H2,1H3;1H. The van der Waals surface area contributed by atoms with Gasteiger partial charge in [0.25, 0.3) is 0 Å². The molecule has 30 heavy (non-hydrogen) atoms. The molecule has 1 heterocycles. The number of nitrogens with two attached hydrogens (primary N) is 1. The normalized spacial score (nSPS) is 10.5. The summed E-state index contributed by atoms with van der Waals surface area (Å²) in [6, 6.07) is 25.3. The van der Waals surface area contributed by atoms with Crippen LogP contribution >= 0.6 is 11.6 Å². The highest BCUT2D eigenvalue weighted by Gasteiger charge is 2.20. The van der Waals surface area contributed by atoms with Crippen molar-refractivity contribution < 1.29 is 26.3 Å². The topological polar surface area (TPSA) is 51.9 Å². The first-order chi connectivity index (χ1) is 14.0. The van der Waals surface area contributed by atoms with E-state index >= 15 is 0 Å². The largest absolute Gasteiger partial charge is 1.00 e. The SMILES string of the molecule is Cn1c(-c2cccc(Cl)c2)c[n+](CC(=O)c2ccc(-c3ccccc3)cc2)c1N.[Br-]. The fourth-order valence-electron chi connectivity index (χ4n) is 3.38. The van der Waals surface area contributed by atoms with Crippen LogP contribution in [0.2, 0.25) is 5.02 Å². The summed E-state index contributed by atoms with van der Waals surface area (Å²) < 4.78 is 3.63. The molecule has 4 nitrogen and oxygen atoms in total. The van der Waals surface area contributed by atoms with Crippen molar-refractivity contribution in [1.29, 1.82) is 0 Å². The maximum Gasteiger partial charge on any atom is 0.355 e. The third-order valence-corrected chi connectivity index (χ3v) is 5.26. The molecule has 0 bridgehead atoms. The van der Waals surface area contributed by atoms with E-state index in [1.165, 1.54) is 0 Å². The number of nitrogens with zero attached hydrogens (tertiary/aromatic N) is 2. The quantitative estimate of drug-likeness (QED) is 0.348. The van der Waals surface area contributed by atoms with Crippen LogP contribution in [0, 0.1) is 0 Å². The molecule has 0 spiro atoms. The molecule has 0 amide bonds. The van der Waals surface area contributed by atoms with Crippen molar-refractivity contribution in [3.05, 3.63) is 95.6 Å². The second kappa shape index (κ2) is 9.28. The predicted octanol–water partition coefficient (Wildman–Crippen LogP) is 1.77. The number of imidazole rings is 1. The highest BCUT2D eigenvalue weighted by atomic mass is 79.9. The monoisotopic (exact) mass is 481 g/mol. The lowest BCUT2D eigenvalue weighted by Gasteiger charge is -2.04. The van der Waals surface area contributed by atoms with Gasteiger partial charge in [-0.05, 0) is 23.3 Å². The third-order valence-electron chi connectivity index (χ3n) is 5.03. The van der Waals surface area contributed by atoms with Crippen molar-refractivity contribution in [3.8, 4) is 22.4 Å². The van der Waals surface area contributed by atoms with Crippen molar-refractivity contribution in [2.24, 2.45) is 7.05 Å². The van der Waals surface area contributed by atoms with Crippen LogP contribution in [0.3, 0.4) is 0 Å². The second-order valence-electron chi connectivity index (χ2n) is 6.94. The smallest absolute Gasteiger partial charge is 0.355 e. The van der Waals surface area contributed by atoms with E-state index in [4.69, 9.17) is 17.3 Å². The average molecular weight is 483 g/mol. The van der Waals surface area contributed by atoms with Gasteiger partial charge in [-0.3, -0.25) is 10.5 Å². The van der Waals surface area contributed by atoms with E-state index < -0.39 is 0 Å². The van der Waals surface area contributed by atoms with Crippen LogP contribution in [-0.2, 0) is 13.6 Å². The number of Topliss-reactive ketones (excluding diaryl/α,β-unsaturated/α-hetero) is 1. The molecule has 3 aromatic carbocycles. The fourth-order valence-corrected chi connectivity index (χ4v) is 3.57. The molecular formula is C24H21BrClN3O. The minimum absolute atomic E-state index is 0. The van der Waals surface area contributed by atoms with Gasteiger partial charge in [0.2, 0.25) is 0 Å². The zero-order valence-corrected chi connectivity index (χ0v) is 18.8. The summed E-state index contributed by atoms with van der Waals surface area (Å²) in [6.45, 7) is 0.172. The number of hydrogen-bond acceptors (Lipinski definition) is 2. The molecule has 1 aromatic heterocycles. The first-order valence-electron chi connectivity index (χ1n) is 9.32. The predicted molar refractivity (Wildman–Crippen MR) is 117 cm³/mol. The number of carbonyl (C=O) groups is 1. The van der Waals surface area contributed by atoms with Crippen LogP contribution in [0.5, 0.6) is 0 Å². The lowest BCUT2D eigenvalue weighted by atomic mass is 10.0. The first kappa shape index (κ1) is 21.8. The number of anilines is 1. The summed E-state index contributed by atoms with van der Waals surface area (Å²) in [6.07, 6.45) is 1.89. The molecule has 0 unspecified atom stereocenters. The lowest BCUT2D eigenvalue weighted by molar-refractivity contribution is -0.667. The Morgan fingerprint density at radius 3 is 2.23 bits per heavy atom. The number of halogens is 2. The summed E-state index contributed by atoms with van der Waals surface area (Å²) >= 11 is 6.11. The van der Waals surface area contributed by atoms with E-state index in [0.717, 1.165) is 22.4 Å². The van der Waals surface area contributed by atoms with Crippen LogP contribution in [0.25, 0.3) is 22.4 Å². The van der Waals surface area contributed by atoms with E-state index in [1.54, 1.807) is 4.57 Å². The van der Waals surface area contributed by atoms with Crippen molar-refractivity contribution >= 4 is 23.3 Å². The molecule has 0 aliphatic rings. The van der Waals surface area contributed by atoms with Gasteiger partial charge >= 0.3 is 5.95 Å². The number of nitrogen functional groups attached to an aromatic ring is 1. The second-order valence-corrected chi connectivity index (χ2v) is 7.37. The van der Waals surface area contributed by atoms with Crippen molar-refractivity contribution in [1.82, 2.24) is 4.57 Å². The summed E-state index contributed by atoms with van der Waals surface area (Å²) in [7, 11) is 1.88. The molecule has 4 rings (SSSR count). The third kappa shape index (κ3) is 4.48. The number of rotatable bonds is 5. The van der Waals surface area contributed by atoms with E-state index in [-0.39, 0.29) is 29.3 Å². The minimum Gasteiger partial charge on any atom is -1.00 e. The number of carbonyl (C=O) groups excluding carboxylic acids is 1. The van der Waals surface area contributed by atoms with Gasteiger partial charge in [-0.1, -0.05) is 78.3 Å². The minimum atomic E-state index is 0. The zero-order valence-electron chi connectivity index (χ0n) is 16.4. The first-order valence-corrected chi connectivity index (χ1v) is 9.70. The van der Waals surface area contributed by atoms with Crippen LogP contribution in [0.1, 0.15) is 10.4 Å². The summed E-state index contributed by atoms with van der Waals surface area (Å²) in [4.78, 5) is 12.8. The van der Waals surface area contributed by atoms with Gasteiger partial charge in [0.15, 0.2) is 5.78 Å². The number of ketones is 1. The Morgan fingerprint density at radius 1 is 0.933 bits per heavy atom. The Hall–Kier alpha value is -2.89. The van der Waals surface area contributed by atoms with Gasteiger partial charge in [-0.2, -0.15) is 0 Å². The molecule has 4 aromatic rings. The van der Waals surface area contributed by atoms with Crippen molar-refractivity contribution in [3.63, 3.8) is 0 Å². The Kier molecular flexibility index (Phi) is 6.75. The Balaban J connectivity index is 0.00000256. The van der Waals surface area contributed by atoms with Crippen molar-refractivity contribution in [2.45, 2.75) is 6.54 Å². The number of aromatic nitrogens is 2. The lowest BCUT2D eigenvalue weighted by Crippen LogP contribution is -3.00. The van der Waals surface area contributed by atoms with Gasteiger partial charge in [-0.15, -0.1) is 0 Å². The van der Waals surface area contributed by atoms with Crippen molar-refractivity contribution in [2.75, 3.05) is 5.73 Å². The van der Waals surface area contributed by atoms with Gasteiger partial charge in [0.05, 0.1) is 7.05 Å². The molecule has 0 radical (unpaired) electrons. The number of benzene rings is 3. The van der Waals surface area contributed by atoms with Crippen LogP contribution in [0.4, 0.5) is 5.95 Å². The molecule has 0 saturated heterocycles. The molecule has 0 aliphatic heterocycles. The molecular weight excluding hydrogens is 462 g/mol. The molecule has 0 atom stereocenters. The maximum atomic E-state index is 12.8. The molecule has 6 heteroatoms. The van der Waals surface area contributed by atoms with Gasteiger partial charge < -0.3 is 17.0 Å². The molecule has 0 aliphatic carbocycles. The van der Waals surface area contributed by atoms with Crippen LogP contribution in [-0.4, -0.2) is 10.4 Å². The van der Waals surface area contributed by atoms with E-state index in [9.17, 15) is 4.79 Å². The Labute approximate surface area is 191 Å².